The van der Waals surface area contributed by atoms with Crippen molar-refractivity contribution in [3.63, 3.8) is 0 Å². The minimum absolute atomic E-state index is 0.0167. The molecule has 0 unspecified atom stereocenters. The third kappa shape index (κ3) is 5.26. The Balaban J connectivity index is 1.75. The van der Waals surface area contributed by atoms with Gasteiger partial charge in [0, 0.05) is 31.0 Å². The molecule has 3 rings (SSSR count). The van der Waals surface area contributed by atoms with E-state index in [-0.39, 0.29) is 17.9 Å². The Bertz CT molecular complexity index is 1090. The molecule has 0 spiro atoms. The molecule has 0 radical (unpaired) electrons. The van der Waals surface area contributed by atoms with Gasteiger partial charge < -0.3 is 19.9 Å². The second-order valence-electron chi connectivity index (χ2n) is 6.35. The van der Waals surface area contributed by atoms with Crippen LogP contribution in [0.25, 0.3) is 6.08 Å². The number of benzene rings is 2. The van der Waals surface area contributed by atoms with Crippen molar-refractivity contribution >= 4 is 23.6 Å². The highest BCUT2D eigenvalue weighted by atomic mass is 16.5. The molecule has 0 bridgehead atoms. The van der Waals surface area contributed by atoms with E-state index in [1.54, 1.807) is 48.2 Å². The van der Waals surface area contributed by atoms with Crippen molar-refractivity contribution in [3.05, 3.63) is 77.6 Å². The van der Waals surface area contributed by atoms with Crippen LogP contribution in [0.1, 0.15) is 21.6 Å². The van der Waals surface area contributed by atoms with Crippen LogP contribution in [0, 0.1) is 0 Å². The van der Waals surface area contributed by atoms with Crippen molar-refractivity contribution in [2.24, 2.45) is 7.05 Å². The first-order chi connectivity index (χ1) is 14.5. The molecule has 2 N–H and O–H groups in total. The number of rotatable bonds is 8. The van der Waals surface area contributed by atoms with Crippen LogP contribution >= 0.6 is 0 Å². The van der Waals surface area contributed by atoms with Crippen LogP contribution < -0.4 is 14.8 Å². The molecule has 8 heteroatoms. The molecule has 30 heavy (non-hydrogen) atoms. The van der Waals surface area contributed by atoms with Crippen molar-refractivity contribution in [2.45, 2.75) is 6.61 Å². The lowest BCUT2D eigenvalue weighted by Gasteiger charge is -2.10. The van der Waals surface area contributed by atoms with Gasteiger partial charge in [-0.2, -0.15) is 5.10 Å². The van der Waals surface area contributed by atoms with Gasteiger partial charge in [0.15, 0.2) is 0 Å². The maximum Gasteiger partial charge on any atom is 0.337 e. The van der Waals surface area contributed by atoms with Crippen LogP contribution in [0.5, 0.6) is 11.5 Å². The lowest BCUT2D eigenvalue weighted by molar-refractivity contribution is -0.111. The van der Waals surface area contributed by atoms with E-state index in [0.717, 1.165) is 5.69 Å². The predicted octanol–water partition coefficient (Wildman–Crippen LogP) is 3.36. The van der Waals surface area contributed by atoms with Gasteiger partial charge in [-0.1, -0.05) is 12.1 Å². The van der Waals surface area contributed by atoms with Gasteiger partial charge in [-0.05, 0) is 36.4 Å². The summed E-state index contributed by atoms with van der Waals surface area (Å²) in [7, 11) is 3.38. The predicted molar refractivity (Wildman–Crippen MR) is 112 cm³/mol. The number of hydrogen-bond acceptors (Lipinski definition) is 5. The van der Waals surface area contributed by atoms with Gasteiger partial charge in [-0.15, -0.1) is 0 Å². The average molecular weight is 407 g/mol. The van der Waals surface area contributed by atoms with E-state index >= 15 is 0 Å². The molecule has 154 valence electrons. The lowest BCUT2D eigenvalue weighted by atomic mass is 10.1. The van der Waals surface area contributed by atoms with Crippen molar-refractivity contribution in [1.29, 1.82) is 0 Å². The van der Waals surface area contributed by atoms with E-state index in [0.29, 0.717) is 17.1 Å². The minimum atomic E-state index is -1.12. The number of aromatic nitrogens is 2. The van der Waals surface area contributed by atoms with Crippen LogP contribution in [0.15, 0.2) is 60.8 Å². The number of hydrogen-bond donors (Lipinski definition) is 2. The number of methoxy groups -OCH3 is 1. The monoisotopic (exact) mass is 407 g/mol. The number of nitrogens with zero attached hydrogens (tertiary/aromatic N) is 2. The van der Waals surface area contributed by atoms with E-state index in [1.165, 1.54) is 18.2 Å². The fraction of sp³-hybridized carbons (Fsp3) is 0.136. The molecule has 0 aliphatic rings. The summed E-state index contributed by atoms with van der Waals surface area (Å²) in [6.45, 7) is 0.257. The zero-order valence-corrected chi connectivity index (χ0v) is 16.5. The standard InChI is InChI=1S/C22H21N3O5/c1-25-12-11-16(24-25)14-30-20-13-17(29-2)9-7-15(20)8-10-21(26)23-19-6-4-3-5-18(19)22(27)28/h3-13H,14H2,1-2H3,(H,23,26)(H,27,28). The topological polar surface area (TPSA) is 103 Å². The molecule has 1 heterocycles. The molecule has 1 amide bonds. The number of nitrogens with one attached hydrogen (secondary N) is 1. The number of carbonyl (C=O) groups excluding carboxylic acids is 1. The van der Waals surface area contributed by atoms with Crippen molar-refractivity contribution in [1.82, 2.24) is 9.78 Å². The van der Waals surface area contributed by atoms with E-state index in [4.69, 9.17) is 9.47 Å². The summed E-state index contributed by atoms with van der Waals surface area (Å²) < 4.78 is 12.8. The third-order valence-corrected chi connectivity index (χ3v) is 4.19. The number of carboxylic acids is 1. The molecule has 0 saturated carbocycles. The molecule has 3 aromatic rings. The molecular formula is C22H21N3O5. The highest BCUT2D eigenvalue weighted by molar-refractivity contribution is 6.06. The Hall–Kier alpha value is -4.07. The summed E-state index contributed by atoms with van der Waals surface area (Å²) >= 11 is 0. The Kier molecular flexibility index (Phi) is 6.49. The second-order valence-corrected chi connectivity index (χ2v) is 6.35. The van der Waals surface area contributed by atoms with Gasteiger partial charge in [0.2, 0.25) is 5.91 Å². The van der Waals surface area contributed by atoms with E-state index in [9.17, 15) is 14.7 Å². The number of aromatic carboxylic acids is 1. The summed E-state index contributed by atoms with van der Waals surface area (Å²) in [4.78, 5) is 23.6. The van der Waals surface area contributed by atoms with Gasteiger partial charge in [0.05, 0.1) is 24.1 Å². The third-order valence-electron chi connectivity index (χ3n) is 4.19. The molecule has 0 fully saturated rings. The Morgan fingerprint density at radius 2 is 2.00 bits per heavy atom. The average Bonchev–Trinajstić information content (AvgIpc) is 3.16. The zero-order valence-electron chi connectivity index (χ0n) is 16.5. The second kappa shape index (κ2) is 9.42. The van der Waals surface area contributed by atoms with Crippen LogP contribution in [0.3, 0.4) is 0 Å². The molecule has 0 atom stereocenters. The summed E-state index contributed by atoms with van der Waals surface area (Å²) in [6, 6.07) is 13.3. The van der Waals surface area contributed by atoms with Crippen molar-refractivity contribution in [3.8, 4) is 11.5 Å². The summed E-state index contributed by atoms with van der Waals surface area (Å²) in [5.74, 6) is -0.441. The summed E-state index contributed by atoms with van der Waals surface area (Å²) in [6.07, 6.45) is 4.73. The molecule has 0 aliphatic heterocycles. The minimum Gasteiger partial charge on any atom is -0.497 e. The largest absolute Gasteiger partial charge is 0.497 e. The molecule has 0 saturated heterocycles. The first kappa shape index (κ1) is 20.7. The molecule has 1 aromatic heterocycles. The smallest absolute Gasteiger partial charge is 0.337 e. The number of aryl methyl sites for hydroxylation is 1. The highest BCUT2D eigenvalue weighted by Crippen LogP contribution is 2.27. The zero-order chi connectivity index (χ0) is 21.5. The molecule has 8 nitrogen and oxygen atoms in total. The Morgan fingerprint density at radius 3 is 2.70 bits per heavy atom. The lowest BCUT2D eigenvalue weighted by Crippen LogP contribution is -2.11. The van der Waals surface area contributed by atoms with Gasteiger partial charge in [0.25, 0.3) is 0 Å². The number of para-hydroxylation sites is 1. The van der Waals surface area contributed by atoms with E-state index in [1.807, 2.05) is 19.3 Å². The Morgan fingerprint density at radius 1 is 1.20 bits per heavy atom. The van der Waals surface area contributed by atoms with Gasteiger partial charge >= 0.3 is 5.97 Å². The number of carboxylic acid groups (broad SMARTS) is 1. The first-order valence-corrected chi connectivity index (χ1v) is 9.07. The van der Waals surface area contributed by atoms with E-state index in [2.05, 4.69) is 10.4 Å². The maximum atomic E-state index is 12.3. The normalized spacial score (nSPS) is 10.7. The molecule has 0 aliphatic carbocycles. The van der Waals surface area contributed by atoms with Gasteiger partial charge in [-0.3, -0.25) is 9.48 Å². The summed E-state index contributed by atoms with van der Waals surface area (Å²) in [5.41, 5.74) is 1.66. The van der Waals surface area contributed by atoms with Crippen LogP contribution in [-0.4, -0.2) is 33.9 Å². The number of ether oxygens (including phenoxy) is 2. The molecular weight excluding hydrogens is 386 g/mol. The van der Waals surface area contributed by atoms with E-state index < -0.39 is 11.9 Å². The quantitative estimate of drug-likeness (QED) is 0.555. The molecule has 2 aromatic carbocycles. The number of anilines is 1. The first-order valence-electron chi connectivity index (χ1n) is 9.07. The fourth-order valence-corrected chi connectivity index (χ4v) is 2.71. The fourth-order valence-electron chi connectivity index (χ4n) is 2.71. The van der Waals surface area contributed by atoms with Gasteiger partial charge in [0.1, 0.15) is 18.1 Å². The number of carbonyl (C=O) groups is 2. The summed E-state index contributed by atoms with van der Waals surface area (Å²) in [5, 5.41) is 16.1. The van der Waals surface area contributed by atoms with Crippen LogP contribution in [0.2, 0.25) is 0 Å². The Labute approximate surface area is 173 Å². The van der Waals surface area contributed by atoms with Crippen LogP contribution in [0.4, 0.5) is 5.69 Å². The highest BCUT2D eigenvalue weighted by Gasteiger charge is 2.11. The SMILES string of the molecule is COc1ccc(C=CC(=O)Nc2ccccc2C(=O)O)c(OCc2ccn(C)n2)c1. The van der Waals surface area contributed by atoms with Crippen molar-refractivity contribution < 1.29 is 24.2 Å². The maximum absolute atomic E-state index is 12.3. The van der Waals surface area contributed by atoms with Crippen LogP contribution in [-0.2, 0) is 18.4 Å². The van der Waals surface area contributed by atoms with Gasteiger partial charge in [-0.25, -0.2) is 4.79 Å². The number of amides is 1. The van der Waals surface area contributed by atoms with Crippen molar-refractivity contribution in [2.75, 3.05) is 12.4 Å².